The van der Waals surface area contributed by atoms with Crippen molar-refractivity contribution in [1.82, 2.24) is 9.88 Å². The van der Waals surface area contributed by atoms with Gasteiger partial charge in [0.1, 0.15) is 0 Å². The number of hydrogen-bond donors (Lipinski definition) is 1. The Morgan fingerprint density at radius 2 is 2.05 bits per heavy atom. The van der Waals surface area contributed by atoms with Gasteiger partial charge in [0.25, 0.3) is 5.56 Å². The summed E-state index contributed by atoms with van der Waals surface area (Å²) in [4.78, 5) is 29.3. The van der Waals surface area contributed by atoms with Gasteiger partial charge in [0, 0.05) is 18.0 Å². The summed E-state index contributed by atoms with van der Waals surface area (Å²) < 4.78 is 0. The lowest BCUT2D eigenvalue weighted by Crippen LogP contribution is -2.37. The summed E-state index contributed by atoms with van der Waals surface area (Å²) in [5.41, 5.74) is 2.43. The van der Waals surface area contributed by atoms with Crippen LogP contribution in [0.15, 0.2) is 29.1 Å². The molecule has 4 heteroatoms. The van der Waals surface area contributed by atoms with Crippen molar-refractivity contribution in [3.63, 3.8) is 0 Å². The number of rotatable bonds is 5. The van der Waals surface area contributed by atoms with Gasteiger partial charge in [-0.25, -0.2) is 0 Å². The van der Waals surface area contributed by atoms with Crippen molar-refractivity contribution in [3.05, 3.63) is 45.7 Å². The number of carbonyl (C=O) groups is 1. The molecule has 4 nitrogen and oxygen atoms in total. The standard InChI is InChI=1S/C18H24N2O2/c1-5-7-16(21)20(12(2)3)11-15-10-14-9-6-8-13(4)17(14)19-18(15)22/h6,8-10,12H,5,7,11H2,1-4H3,(H,19,22). The summed E-state index contributed by atoms with van der Waals surface area (Å²) in [6.07, 6.45) is 1.33. The van der Waals surface area contributed by atoms with Gasteiger partial charge in [-0.2, -0.15) is 0 Å². The number of amides is 1. The van der Waals surface area contributed by atoms with Crippen molar-refractivity contribution in [2.45, 2.75) is 53.1 Å². The first-order valence-electron chi connectivity index (χ1n) is 7.85. The van der Waals surface area contributed by atoms with Gasteiger partial charge < -0.3 is 9.88 Å². The second kappa shape index (κ2) is 6.77. The Morgan fingerprint density at radius 1 is 1.32 bits per heavy atom. The topological polar surface area (TPSA) is 53.2 Å². The number of aromatic nitrogens is 1. The van der Waals surface area contributed by atoms with Gasteiger partial charge in [0.05, 0.1) is 12.1 Å². The van der Waals surface area contributed by atoms with Crippen LogP contribution in [-0.4, -0.2) is 21.8 Å². The van der Waals surface area contributed by atoms with E-state index in [1.54, 1.807) is 4.90 Å². The van der Waals surface area contributed by atoms with Crippen LogP contribution in [0, 0.1) is 6.92 Å². The number of para-hydroxylation sites is 1. The lowest BCUT2D eigenvalue weighted by molar-refractivity contribution is -0.133. The summed E-state index contributed by atoms with van der Waals surface area (Å²) in [5.74, 6) is 0.0984. The molecule has 2 rings (SSSR count). The number of nitrogens with zero attached hydrogens (tertiary/aromatic N) is 1. The van der Waals surface area contributed by atoms with Crippen LogP contribution in [0.2, 0.25) is 0 Å². The molecule has 0 unspecified atom stereocenters. The van der Waals surface area contributed by atoms with E-state index in [0.717, 1.165) is 22.9 Å². The third-order valence-electron chi connectivity index (χ3n) is 3.91. The SMILES string of the molecule is CCCC(=O)N(Cc1cc2cccc(C)c2[nH]c1=O)C(C)C. The van der Waals surface area contributed by atoms with Crippen molar-refractivity contribution >= 4 is 16.8 Å². The summed E-state index contributed by atoms with van der Waals surface area (Å²) >= 11 is 0. The Labute approximate surface area is 131 Å². The van der Waals surface area contributed by atoms with Gasteiger partial charge in [0.2, 0.25) is 5.91 Å². The Bertz CT molecular complexity index is 731. The van der Waals surface area contributed by atoms with Crippen LogP contribution in [0.3, 0.4) is 0 Å². The molecule has 118 valence electrons. The lowest BCUT2D eigenvalue weighted by atomic mass is 10.1. The highest BCUT2D eigenvalue weighted by Crippen LogP contribution is 2.16. The van der Waals surface area contributed by atoms with Gasteiger partial charge in [-0.15, -0.1) is 0 Å². The predicted molar refractivity (Wildman–Crippen MR) is 89.9 cm³/mol. The van der Waals surface area contributed by atoms with Gasteiger partial charge in [0.15, 0.2) is 0 Å². The average Bonchev–Trinajstić information content (AvgIpc) is 2.46. The molecule has 1 aromatic heterocycles. The fraction of sp³-hybridized carbons (Fsp3) is 0.444. The van der Waals surface area contributed by atoms with Crippen LogP contribution in [-0.2, 0) is 11.3 Å². The Hall–Kier alpha value is -2.10. The van der Waals surface area contributed by atoms with Crippen LogP contribution in [0.25, 0.3) is 10.9 Å². The largest absolute Gasteiger partial charge is 0.336 e. The normalized spacial score (nSPS) is 11.1. The van der Waals surface area contributed by atoms with Crippen LogP contribution in [0.5, 0.6) is 0 Å². The number of aromatic amines is 1. The number of carbonyl (C=O) groups excluding carboxylic acids is 1. The first kappa shape index (κ1) is 16.3. The first-order chi connectivity index (χ1) is 10.4. The molecular formula is C18H24N2O2. The molecule has 0 aliphatic carbocycles. The Morgan fingerprint density at radius 3 is 2.68 bits per heavy atom. The third-order valence-corrected chi connectivity index (χ3v) is 3.91. The minimum atomic E-state index is -0.114. The fourth-order valence-corrected chi connectivity index (χ4v) is 2.65. The highest BCUT2D eigenvalue weighted by Gasteiger charge is 2.18. The molecule has 1 N–H and O–H groups in total. The van der Waals surface area contributed by atoms with Gasteiger partial charge in [-0.1, -0.05) is 25.1 Å². The van der Waals surface area contributed by atoms with Gasteiger partial charge >= 0.3 is 0 Å². The molecule has 0 bridgehead atoms. The Kier molecular flexibility index (Phi) is 5.01. The molecule has 22 heavy (non-hydrogen) atoms. The van der Waals surface area contributed by atoms with Gasteiger partial charge in [-0.3, -0.25) is 9.59 Å². The zero-order valence-electron chi connectivity index (χ0n) is 13.8. The number of nitrogens with one attached hydrogen (secondary N) is 1. The molecule has 0 saturated heterocycles. The first-order valence-corrected chi connectivity index (χ1v) is 7.85. The summed E-state index contributed by atoms with van der Waals surface area (Å²) in [6.45, 7) is 8.28. The van der Waals surface area contributed by atoms with E-state index in [-0.39, 0.29) is 17.5 Å². The van der Waals surface area contributed by atoms with Crippen molar-refractivity contribution < 1.29 is 4.79 Å². The minimum Gasteiger partial charge on any atom is -0.336 e. The quantitative estimate of drug-likeness (QED) is 0.920. The number of aryl methyl sites for hydroxylation is 1. The number of fused-ring (bicyclic) bond motifs is 1. The second-order valence-electron chi connectivity index (χ2n) is 6.03. The molecule has 1 aromatic carbocycles. The van der Waals surface area contributed by atoms with Crippen molar-refractivity contribution in [2.75, 3.05) is 0 Å². The molecule has 0 radical (unpaired) electrons. The maximum atomic E-state index is 12.3. The van der Waals surface area contributed by atoms with Crippen LogP contribution >= 0.6 is 0 Å². The highest BCUT2D eigenvalue weighted by atomic mass is 16.2. The maximum Gasteiger partial charge on any atom is 0.253 e. The van der Waals surface area contributed by atoms with Crippen molar-refractivity contribution in [2.24, 2.45) is 0 Å². The fourth-order valence-electron chi connectivity index (χ4n) is 2.65. The van der Waals surface area contributed by atoms with E-state index in [4.69, 9.17) is 0 Å². The molecule has 0 aliphatic rings. The van der Waals surface area contributed by atoms with E-state index in [2.05, 4.69) is 4.98 Å². The van der Waals surface area contributed by atoms with Crippen molar-refractivity contribution in [3.8, 4) is 0 Å². The van der Waals surface area contributed by atoms with Gasteiger partial charge in [-0.05, 0) is 44.2 Å². The number of benzene rings is 1. The Balaban J connectivity index is 2.39. The molecule has 0 spiro atoms. The zero-order chi connectivity index (χ0) is 16.3. The molecule has 0 fully saturated rings. The van der Waals surface area contributed by atoms with E-state index < -0.39 is 0 Å². The molecule has 0 saturated carbocycles. The number of hydrogen-bond acceptors (Lipinski definition) is 2. The van der Waals surface area contributed by atoms with Crippen molar-refractivity contribution in [1.29, 1.82) is 0 Å². The molecule has 1 amide bonds. The number of H-pyrrole nitrogens is 1. The summed E-state index contributed by atoms with van der Waals surface area (Å²) in [5, 5.41) is 1.00. The lowest BCUT2D eigenvalue weighted by Gasteiger charge is -2.26. The smallest absolute Gasteiger partial charge is 0.253 e. The van der Waals surface area contributed by atoms with E-state index in [1.807, 2.05) is 52.0 Å². The maximum absolute atomic E-state index is 12.3. The van der Waals surface area contributed by atoms with E-state index in [9.17, 15) is 9.59 Å². The predicted octanol–water partition coefficient (Wildman–Crippen LogP) is 3.37. The van der Waals surface area contributed by atoms with E-state index in [1.165, 1.54) is 0 Å². The zero-order valence-corrected chi connectivity index (χ0v) is 13.8. The highest BCUT2D eigenvalue weighted by molar-refractivity contribution is 5.82. The third kappa shape index (κ3) is 3.38. The van der Waals surface area contributed by atoms with Crippen LogP contribution in [0.4, 0.5) is 0 Å². The van der Waals surface area contributed by atoms with Crippen LogP contribution in [0.1, 0.15) is 44.7 Å². The minimum absolute atomic E-state index is 0.0756. The van der Waals surface area contributed by atoms with E-state index in [0.29, 0.717) is 18.5 Å². The summed E-state index contributed by atoms with van der Waals surface area (Å²) in [6, 6.07) is 7.91. The molecule has 2 aromatic rings. The molecule has 0 aliphatic heterocycles. The average molecular weight is 300 g/mol. The van der Waals surface area contributed by atoms with E-state index >= 15 is 0 Å². The summed E-state index contributed by atoms with van der Waals surface area (Å²) in [7, 11) is 0. The monoisotopic (exact) mass is 300 g/mol. The molecule has 0 atom stereocenters. The van der Waals surface area contributed by atoms with Crippen LogP contribution < -0.4 is 5.56 Å². The number of pyridine rings is 1. The molecular weight excluding hydrogens is 276 g/mol. The second-order valence-corrected chi connectivity index (χ2v) is 6.03. The molecule has 1 heterocycles.